The minimum Gasteiger partial charge on any atom is -0.497 e. The first kappa shape index (κ1) is 18.4. The number of hydrogen-bond acceptors (Lipinski definition) is 7. The van der Waals surface area contributed by atoms with Crippen LogP contribution in [-0.2, 0) is 4.74 Å². The Morgan fingerprint density at radius 2 is 1.90 bits per heavy atom. The number of methoxy groups -OCH3 is 2. The van der Waals surface area contributed by atoms with Crippen molar-refractivity contribution in [1.82, 2.24) is 24.7 Å². The average molecular weight is 391 g/mol. The predicted molar refractivity (Wildman–Crippen MR) is 105 cm³/mol. The maximum Gasteiger partial charge on any atom is 0.340 e. The molecule has 9 nitrogen and oxygen atoms in total. The molecule has 0 aliphatic rings. The van der Waals surface area contributed by atoms with E-state index in [0.29, 0.717) is 28.1 Å². The van der Waals surface area contributed by atoms with Gasteiger partial charge in [0.1, 0.15) is 12.1 Å². The molecule has 0 saturated carbocycles. The maximum absolute atomic E-state index is 13.4. The number of aromatic amines is 1. The number of ether oxygens (including phenoxy) is 2. The van der Waals surface area contributed by atoms with Crippen molar-refractivity contribution in [2.24, 2.45) is 0 Å². The number of nitrogens with zero attached hydrogens (tertiary/aromatic N) is 4. The number of carbonyl (C=O) groups excluding carboxylic acids is 1. The average Bonchev–Trinajstić information content (AvgIpc) is 3.27. The molecule has 0 saturated heterocycles. The van der Waals surface area contributed by atoms with Crippen LogP contribution in [0, 0.1) is 6.92 Å². The highest BCUT2D eigenvalue weighted by atomic mass is 16.5. The van der Waals surface area contributed by atoms with E-state index in [1.165, 1.54) is 18.0 Å². The molecule has 0 atom stereocenters. The molecule has 0 bridgehead atoms. The van der Waals surface area contributed by atoms with Crippen molar-refractivity contribution in [3.05, 3.63) is 64.5 Å². The quantitative estimate of drug-likeness (QED) is 0.531. The second kappa shape index (κ2) is 7.19. The predicted octanol–water partition coefficient (Wildman–Crippen LogP) is 2.27. The molecule has 3 heterocycles. The Morgan fingerprint density at radius 3 is 2.52 bits per heavy atom. The Hall–Kier alpha value is -4.01. The van der Waals surface area contributed by atoms with Crippen LogP contribution in [0.4, 0.5) is 0 Å². The first-order valence-electron chi connectivity index (χ1n) is 8.69. The summed E-state index contributed by atoms with van der Waals surface area (Å²) in [7, 11) is 2.86. The van der Waals surface area contributed by atoms with Crippen molar-refractivity contribution in [2.75, 3.05) is 14.2 Å². The number of benzene rings is 1. The third-order valence-electron chi connectivity index (χ3n) is 4.62. The molecule has 0 unspecified atom stereocenters. The van der Waals surface area contributed by atoms with Gasteiger partial charge in [0, 0.05) is 11.8 Å². The molecule has 0 aliphatic carbocycles. The lowest BCUT2D eigenvalue weighted by Crippen LogP contribution is -2.21. The molecule has 146 valence electrons. The molecule has 0 spiro atoms. The normalized spacial score (nSPS) is 10.9. The van der Waals surface area contributed by atoms with Crippen LogP contribution in [0.1, 0.15) is 16.1 Å². The summed E-state index contributed by atoms with van der Waals surface area (Å²) in [5.74, 6) is 0.345. The van der Waals surface area contributed by atoms with E-state index >= 15 is 0 Å². The van der Waals surface area contributed by atoms with E-state index < -0.39 is 5.97 Å². The van der Waals surface area contributed by atoms with Crippen LogP contribution < -0.4 is 10.3 Å². The number of hydrogen-bond donors (Lipinski definition) is 1. The van der Waals surface area contributed by atoms with E-state index in [2.05, 4.69) is 20.2 Å². The fourth-order valence-corrected chi connectivity index (χ4v) is 3.28. The van der Waals surface area contributed by atoms with Gasteiger partial charge in [-0.15, -0.1) is 0 Å². The monoisotopic (exact) mass is 391 g/mol. The topological polar surface area (TPSA) is 112 Å². The fraction of sp³-hybridized carbons (Fsp3) is 0.150. The Balaban J connectivity index is 2.13. The molecule has 9 heteroatoms. The van der Waals surface area contributed by atoms with Crippen LogP contribution in [0.3, 0.4) is 0 Å². The van der Waals surface area contributed by atoms with Crippen LogP contribution in [0.2, 0.25) is 0 Å². The van der Waals surface area contributed by atoms with Gasteiger partial charge in [-0.3, -0.25) is 14.3 Å². The number of pyridine rings is 2. The molecule has 0 fully saturated rings. The van der Waals surface area contributed by atoms with E-state index in [1.807, 2.05) is 0 Å². The smallest absolute Gasteiger partial charge is 0.340 e. The second-order valence-corrected chi connectivity index (χ2v) is 6.23. The summed E-state index contributed by atoms with van der Waals surface area (Å²) in [6.45, 7) is 1.71. The second-order valence-electron chi connectivity index (χ2n) is 6.23. The van der Waals surface area contributed by atoms with Crippen molar-refractivity contribution in [3.8, 4) is 22.8 Å². The Kier molecular flexibility index (Phi) is 4.55. The van der Waals surface area contributed by atoms with Crippen molar-refractivity contribution in [1.29, 1.82) is 0 Å². The fourth-order valence-electron chi connectivity index (χ4n) is 3.28. The zero-order valence-electron chi connectivity index (χ0n) is 16.0. The molecule has 1 N–H and O–H groups in total. The lowest BCUT2D eigenvalue weighted by molar-refractivity contribution is 0.0600. The zero-order chi connectivity index (χ0) is 20.5. The van der Waals surface area contributed by atoms with Gasteiger partial charge >= 0.3 is 5.97 Å². The number of rotatable bonds is 4. The van der Waals surface area contributed by atoms with Crippen LogP contribution in [0.15, 0.2) is 47.7 Å². The third kappa shape index (κ3) is 3.02. The van der Waals surface area contributed by atoms with E-state index in [1.54, 1.807) is 50.6 Å². The third-order valence-corrected chi connectivity index (χ3v) is 4.62. The summed E-state index contributed by atoms with van der Waals surface area (Å²) in [6.07, 6.45) is 2.87. The Labute approximate surface area is 165 Å². The minimum absolute atomic E-state index is 0.234. The van der Waals surface area contributed by atoms with E-state index in [-0.39, 0.29) is 22.5 Å². The van der Waals surface area contributed by atoms with E-state index in [4.69, 9.17) is 9.47 Å². The Bertz CT molecular complexity index is 1260. The molecule has 1 aromatic carbocycles. The maximum atomic E-state index is 13.4. The molecular formula is C20H17N5O4. The number of esters is 1. The number of aryl methyl sites for hydroxylation is 1. The van der Waals surface area contributed by atoms with Crippen LogP contribution >= 0.6 is 0 Å². The summed E-state index contributed by atoms with van der Waals surface area (Å²) >= 11 is 0. The molecule has 29 heavy (non-hydrogen) atoms. The SMILES string of the molecule is COC(=O)c1c(C)nc2ccn(-c3ncn[nH]3)c(=O)c2c1-c1ccc(OC)cc1. The van der Waals surface area contributed by atoms with Gasteiger partial charge in [0.15, 0.2) is 0 Å². The lowest BCUT2D eigenvalue weighted by Gasteiger charge is -2.15. The van der Waals surface area contributed by atoms with Crippen molar-refractivity contribution in [3.63, 3.8) is 0 Å². The highest BCUT2D eigenvalue weighted by molar-refractivity contribution is 6.07. The van der Waals surface area contributed by atoms with Crippen LogP contribution in [-0.4, -0.2) is 44.9 Å². The highest BCUT2D eigenvalue weighted by Gasteiger charge is 2.24. The van der Waals surface area contributed by atoms with Crippen molar-refractivity contribution >= 4 is 16.9 Å². The largest absolute Gasteiger partial charge is 0.497 e. The van der Waals surface area contributed by atoms with Gasteiger partial charge in [-0.2, -0.15) is 10.1 Å². The van der Waals surface area contributed by atoms with Crippen LogP contribution in [0.25, 0.3) is 28.0 Å². The van der Waals surface area contributed by atoms with Crippen molar-refractivity contribution < 1.29 is 14.3 Å². The minimum atomic E-state index is -0.572. The summed E-state index contributed by atoms with van der Waals surface area (Å²) in [5, 5.41) is 6.74. The van der Waals surface area contributed by atoms with Gasteiger partial charge in [0.2, 0.25) is 5.95 Å². The van der Waals surface area contributed by atoms with Gasteiger partial charge in [0.25, 0.3) is 5.56 Å². The van der Waals surface area contributed by atoms with Gasteiger partial charge in [0.05, 0.1) is 36.4 Å². The molecule has 3 aromatic heterocycles. The summed E-state index contributed by atoms with van der Waals surface area (Å²) in [6, 6.07) is 8.78. The number of nitrogens with one attached hydrogen (secondary N) is 1. The standard InChI is InChI=1S/C20H17N5O4/c1-11-15(19(27)29-3)16(12-4-6-13(28-2)7-5-12)17-14(23-11)8-9-25(18(17)26)20-21-10-22-24-20/h4-10H,1-3H3,(H,21,22,24). The number of carbonyl (C=O) groups is 1. The molecule has 0 amide bonds. The number of H-pyrrole nitrogens is 1. The molecule has 4 aromatic rings. The summed E-state index contributed by atoms with van der Waals surface area (Å²) in [5.41, 5.74) is 1.88. The van der Waals surface area contributed by atoms with E-state index in [9.17, 15) is 9.59 Å². The summed E-state index contributed by atoms with van der Waals surface area (Å²) < 4.78 is 11.5. The van der Waals surface area contributed by atoms with Crippen LogP contribution in [0.5, 0.6) is 5.75 Å². The lowest BCUT2D eigenvalue weighted by atomic mass is 9.95. The molecular weight excluding hydrogens is 374 g/mol. The van der Waals surface area contributed by atoms with Gasteiger partial charge in [-0.25, -0.2) is 9.89 Å². The first-order valence-corrected chi connectivity index (χ1v) is 8.69. The van der Waals surface area contributed by atoms with Crippen molar-refractivity contribution in [2.45, 2.75) is 6.92 Å². The number of fused-ring (bicyclic) bond motifs is 1. The van der Waals surface area contributed by atoms with E-state index in [0.717, 1.165) is 0 Å². The molecule has 0 aliphatic heterocycles. The molecule has 4 rings (SSSR count). The number of aromatic nitrogens is 5. The zero-order valence-corrected chi connectivity index (χ0v) is 16.0. The highest BCUT2D eigenvalue weighted by Crippen LogP contribution is 2.33. The summed E-state index contributed by atoms with van der Waals surface area (Å²) in [4.78, 5) is 34.5. The first-order chi connectivity index (χ1) is 14.0. The Morgan fingerprint density at radius 1 is 1.14 bits per heavy atom. The van der Waals surface area contributed by atoms with Gasteiger partial charge < -0.3 is 9.47 Å². The van der Waals surface area contributed by atoms with Gasteiger partial charge in [-0.05, 0) is 30.7 Å². The molecule has 0 radical (unpaired) electrons. The van der Waals surface area contributed by atoms with Gasteiger partial charge in [-0.1, -0.05) is 12.1 Å².